The summed E-state index contributed by atoms with van der Waals surface area (Å²) in [5.41, 5.74) is 2.07. The Balaban J connectivity index is 1.91. The minimum absolute atomic E-state index is 0.198. The standard InChI is InChI=1S/C13H22BrN5O/c1-10-13(14)11(18(3)16-10)8-17(2)9-12(20)19-6-4-15-5-7-19/h15H,4-9H2,1-3H3. The Morgan fingerprint density at radius 3 is 2.65 bits per heavy atom. The highest BCUT2D eigenvalue weighted by Crippen LogP contribution is 2.21. The lowest BCUT2D eigenvalue weighted by atomic mass is 10.3. The molecule has 1 aliphatic heterocycles. The van der Waals surface area contributed by atoms with E-state index in [2.05, 4.69) is 26.3 Å². The molecule has 0 aliphatic carbocycles. The minimum Gasteiger partial charge on any atom is -0.339 e. The number of amides is 1. The minimum atomic E-state index is 0.198. The molecular formula is C13H22BrN5O. The fraction of sp³-hybridized carbons (Fsp3) is 0.692. The quantitative estimate of drug-likeness (QED) is 0.857. The van der Waals surface area contributed by atoms with E-state index in [9.17, 15) is 4.79 Å². The van der Waals surface area contributed by atoms with Gasteiger partial charge in [-0.2, -0.15) is 5.10 Å². The zero-order chi connectivity index (χ0) is 14.7. The van der Waals surface area contributed by atoms with Crippen LogP contribution in [-0.2, 0) is 18.4 Å². The van der Waals surface area contributed by atoms with Crippen molar-refractivity contribution in [2.45, 2.75) is 13.5 Å². The number of carbonyl (C=O) groups is 1. The molecule has 1 aliphatic rings. The van der Waals surface area contributed by atoms with Gasteiger partial charge in [0.05, 0.1) is 22.4 Å². The lowest BCUT2D eigenvalue weighted by Crippen LogP contribution is -2.49. The molecule has 0 bridgehead atoms. The van der Waals surface area contributed by atoms with Crippen LogP contribution in [-0.4, -0.2) is 65.3 Å². The summed E-state index contributed by atoms with van der Waals surface area (Å²) in [5.74, 6) is 0.198. The van der Waals surface area contributed by atoms with Crippen molar-refractivity contribution in [2.24, 2.45) is 7.05 Å². The van der Waals surface area contributed by atoms with E-state index in [1.165, 1.54) is 0 Å². The van der Waals surface area contributed by atoms with Gasteiger partial charge in [0.25, 0.3) is 0 Å². The molecule has 1 N–H and O–H groups in total. The van der Waals surface area contributed by atoms with Crippen molar-refractivity contribution in [3.05, 3.63) is 15.9 Å². The molecule has 0 unspecified atom stereocenters. The number of hydrogen-bond donors (Lipinski definition) is 1. The fourth-order valence-electron chi connectivity index (χ4n) is 2.41. The highest BCUT2D eigenvalue weighted by atomic mass is 79.9. The molecule has 2 heterocycles. The number of aromatic nitrogens is 2. The zero-order valence-electron chi connectivity index (χ0n) is 12.3. The van der Waals surface area contributed by atoms with Crippen molar-refractivity contribution in [1.29, 1.82) is 0 Å². The van der Waals surface area contributed by atoms with Gasteiger partial charge in [-0.15, -0.1) is 0 Å². The SMILES string of the molecule is Cc1nn(C)c(CN(C)CC(=O)N2CCNCC2)c1Br. The second-order valence-corrected chi connectivity index (χ2v) is 6.07. The molecule has 1 aromatic rings. The van der Waals surface area contributed by atoms with Crippen LogP contribution in [0.2, 0.25) is 0 Å². The molecule has 20 heavy (non-hydrogen) atoms. The van der Waals surface area contributed by atoms with Gasteiger partial charge in [0, 0.05) is 39.8 Å². The van der Waals surface area contributed by atoms with Gasteiger partial charge in [-0.05, 0) is 29.9 Å². The summed E-state index contributed by atoms with van der Waals surface area (Å²) in [4.78, 5) is 16.2. The van der Waals surface area contributed by atoms with E-state index >= 15 is 0 Å². The average molecular weight is 344 g/mol. The number of nitrogens with zero attached hydrogens (tertiary/aromatic N) is 4. The predicted octanol–water partition coefficient (Wildman–Crippen LogP) is 0.355. The molecule has 1 amide bonds. The Hall–Kier alpha value is -0.920. The first-order valence-corrected chi connectivity index (χ1v) is 7.63. The van der Waals surface area contributed by atoms with Crippen LogP contribution in [0.3, 0.4) is 0 Å². The molecule has 0 atom stereocenters. The van der Waals surface area contributed by atoms with Crippen LogP contribution in [0, 0.1) is 6.92 Å². The Bertz CT molecular complexity index is 481. The van der Waals surface area contributed by atoms with E-state index in [0.29, 0.717) is 13.1 Å². The summed E-state index contributed by atoms with van der Waals surface area (Å²) in [7, 11) is 3.90. The number of halogens is 1. The van der Waals surface area contributed by atoms with Crippen LogP contribution < -0.4 is 5.32 Å². The van der Waals surface area contributed by atoms with Crippen molar-refractivity contribution in [3.63, 3.8) is 0 Å². The van der Waals surface area contributed by atoms with Gasteiger partial charge in [-0.3, -0.25) is 14.4 Å². The number of carbonyl (C=O) groups excluding carboxylic acids is 1. The van der Waals surface area contributed by atoms with Gasteiger partial charge >= 0.3 is 0 Å². The van der Waals surface area contributed by atoms with Gasteiger partial charge in [0.2, 0.25) is 5.91 Å². The van der Waals surface area contributed by atoms with Crippen molar-refractivity contribution in [3.8, 4) is 0 Å². The van der Waals surface area contributed by atoms with E-state index in [0.717, 1.165) is 42.0 Å². The van der Waals surface area contributed by atoms with Crippen molar-refractivity contribution in [2.75, 3.05) is 39.8 Å². The van der Waals surface area contributed by atoms with Gasteiger partial charge in [-0.1, -0.05) is 0 Å². The first-order valence-electron chi connectivity index (χ1n) is 6.84. The van der Waals surface area contributed by atoms with E-state index in [1.807, 2.05) is 35.5 Å². The van der Waals surface area contributed by atoms with Gasteiger partial charge in [0.1, 0.15) is 0 Å². The molecule has 0 radical (unpaired) electrons. The van der Waals surface area contributed by atoms with E-state index < -0.39 is 0 Å². The smallest absolute Gasteiger partial charge is 0.236 e. The molecule has 6 nitrogen and oxygen atoms in total. The first kappa shape index (κ1) is 15.5. The zero-order valence-corrected chi connectivity index (χ0v) is 13.9. The normalized spacial score (nSPS) is 15.9. The highest BCUT2D eigenvalue weighted by Gasteiger charge is 2.19. The number of aryl methyl sites for hydroxylation is 2. The van der Waals surface area contributed by atoms with E-state index in [4.69, 9.17) is 0 Å². The van der Waals surface area contributed by atoms with Crippen LogP contribution in [0.4, 0.5) is 0 Å². The molecule has 1 fully saturated rings. The molecule has 7 heteroatoms. The first-order chi connectivity index (χ1) is 9.49. The van der Waals surface area contributed by atoms with Crippen LogP contribution in [0.25, 0.3) is 0 Å². The predicted molar refractivity (Wildman–Crippen MR) is 81.4 cm³/mol. The summed E-state index contributed by atoms with van der Waals surface area (Å²) in [6.07, 6.45) is 0. The molecule has 1 saturated heterocycles. The molecule has 0 aromatic carbocycles. The number of rotatable bonds is 4. The Kier molecular flexibility index (Phi) is 5.17. The van der Waals surface area contributed by atoms with Crippen molar-refractivity contribution in [1.82, 2.24) is 24.9 Å². The molecule has 0 spiro atoms. The topological polar surface area (TPSA) is 53.4 Å². The maximum Gasteiger partial charge on any atom is 0.236 e. The number of likely N-dealkylation sites (N-methyl/N-ethyl adjacent to an activating group) is 1. The largest absolute Gasteiger partial charge is 0.339 e. The number of nitrogens with one attached hydrogen (secondary N) is 1. The fourth-order valence-corrected chi connectivity index (χ4v) is 2.87. The Morgan fingerprint density at radius 1 is 1.45 bits per heavy atom. The van der Waals surface area contributed by atoms with Crippen LogP contribution in [0.15, 0.2) is 4.47 Å². The third-order valence-corrected chi connectivity index (χ3v) is 4.59. The maximum absolute atomic E-state index is 12.2. The summed E-state index contributed by atoms with van der Waals surface area (Å²) in [5, 5.41) is 7.63. The third kappa shape index (κ3) is 3.59. The van der Waals surface area contributed by atoms with Gasteiger partial charge in [0.15, 0.2) is 0 Å². The molecular weight excluding hydrogens is 322 g/mol. The van der Waals surface area contributed by atoms with Crippen LogP contribution in [0.5, 0.6) is 0 Å². The summed E-state index contributed by atoms with van der Waals surface area (Å²) < 4.78 is 2.90. The van der Waals surface area contributed by atoms with Gasteiger partial charge in [-0.25, -0.2) is 0 Å². The molecule has 112 valence electrons. The summed E-state index contributed by atoms with van der Waals surface area (Å²) in [6, 6.07) is 0. The Morgan fingerprint density at radius 2 is 2.10 bits per heavy atom. The molecule has 0 saturated carbocycles. The second-order valence-electron chi connectivity index (χ2n) is 5.27. The second kappa shape index (κ2) is 6.69. The summed E-state index contributed by atoms with van der Waals surface area (Å²) >= 11 is 3.56. The average Bonchev–Trinajstić information content (AvgIpc) is 2.66. The monoisotopic (exact) mass is 343 g/mol. The lowest BCUT2D eigenvalue weighted by Gasteiger charge is -2.29. The number of piperazine rings is 1. The van der Waals surface area contributed by atoms with E-state index in [1.54, 1.807) is 0 Å². The van der Waals surface area contributed by atoms with Crippen LogP contribution in [0.1, 0.15) is 11.4 Å². The van der Waals surface area contributed by atoms with Crippen LogP contribution >= 0.6 is 15.9 Å². The van der Waals surface area contributed by atoms with Gasteiger partial charge < -0.3 is 10.2 Å². The Labute approximate surface area is 128 Å². The third-order valence-electron chi connectivity index (χ3n) is 3.56. The van der Waals surface area contributed by atoms with E-state index in [-0.39, 0.29) is 5.91 Å². The molecule has 2 rings (SSSR count). The summed E-state index contributed by atoms with van der Waals surface area (Å²) in [6.45, 7) is 6.51. The highest BCUT2D eigenvalue weighted by molar-refractivity contribution is 9.10. The lowest BCUT2D eigenvalue weighted by molar-refractivity contribution is -0.132. The van der Waals surface area contributed by atoms with Crippen molar-refractivity contribution >= 4 is 21.8 Å². The number of hydrogen-bond acceptors (Lipinski definition) is 4. The molecule has 1 aromatic heterocycles. The van der Waals surface area contributed by atoms with Crippen molar-refractivity contribution < 1.29 is 4.79 Å². The maximum atomic E-state index is 12.2.